The number of aromatic nitrogens is 2. The van der Waals surface area contributed by atoms with Crippen LogP contribution in [0.2, 0.25) is 0 Å². The standard InChI is InChI=1S/C9H12N4OS2/c1-14-7-8(10)13-16-9(7)11-3-2-6-4-15-5-12-6/h4-5,11H,2-3H2,1H3,(H2,10,13). The van der Waals surface area contributed by atoms with E-state index in [0.717, 1.165) is 23.7 Å². The molecule has 0 spiro atoms. The van der Waals surface area contributed by atoms with Crippen LogP contribution in [0.25, 0.3) is 0 Å². The summed E-state index contributed by atoms with van der Waals surface area (Å²) in [5.41, 5.74) is 8.57. The van der Waals surface area contributed by atoms with Crippen LogP contribution in [0, 0.1) is 0 Å². The first kappa shape index (κ1) is 11.2. The number of nitrogens with two attached hydrogens (primary N) is 1. The molecule has 0 bridgehead atoms. The maximum Gasteiger partial charge on any atom is 0.197 e. The Balaban J connectivity index is 1.89. The number of methoxy groups -OCH3 is 1. The molecule has 0 atom stereocenters. The van der Waals surface area contributed by atoms with Crippen LogP contribution in [0.15, 0.2) is 10.9 Å². The Bertz CT molecular complexity index is 440. The lowest BCUT2D eigenvalue weighted by atomic mass is 10.3. The third-order valence-electron chi connectivity index (χ3n) is 2.03. The van der Waals surface area contributed by atoms with Crippen molar-refractivity contribution in [2.24, 2.45) is 0 Å². The second kappa shape index (κ2) is 5.13. The van der Waals surface area contributed by atoms with E-state index in [4.69, 9.17) is 10.5 Å². The number of thiazole rings is 1. The maximum absolute atomic E-state index is 5.64. The van der Waals surface area contributed by atoms with E-state index >= 15 is 0 Å². The summed E-state index contributed by atoms with van der Waals surface area (Å²) in [6, 6.07) is 0. The Morgan fingerprint density at radius 2 is 2.44 bits per heavy atom. The molecular weight excluding hydrogens is 244 g/mol. The van der Waals surface area contributed by atoms with E-state index in [1.807, 2.05) is 10.9 Å². The predicted octanol–water partition coefficient (Wildman–Crippen LogP) is 1.84. The summed E-state index contributed by atoms with van der Waals surface area (Å²) >= 11 is 2.91. The molecule has 2 heterocycles. The smallest absolute Gasteiger partial charge is 0.197 e. The van der Waals surface area contributed by atoms with Crippen LogP contribution in [-0.2, 0) is 6.42 Å². The lowest BCUT2D eigenvalue weighted by molar-refractivity contribution is 0.419. The molecule has 7 heteroatoms. The lowest BCUT2D eigenvalue weighted by Crippen LogP contribution is -2.04. The number of ether oxygens (including phenoxy) is 1. The highest BCUT2D eigenvalue weighted by Gasteiger charge is 2.10. The monoisotopic (exact) mass is 256 g/mol. The van der Waals surface area contributed by atoms with Crippen molar-refractivity contribution >= 4 is 33.7 Å². The Kier molecular flexibility index (Phi) is 3.58. The van der Waals surface area contributed by atoms with Crippen LogP contribution < -0.4 is 15.8 Å². The average Bonchev–Trinajstić information content (AvgIpc) is 2.89. The zero-order chi connectivity index (χ0) is 11.4. The van der Waals surface area contributed by atoms with E-state index in [1.54, 1.807) is 18.4 Å². The van der Waals surface area contributed by atoms with Crippen molar-refractivity contribution in [3.05, 3.63) is 16.6 Å². The van der Waals surface area contributed by atoms with Crippen molar-refractivity contribution in [2.45, 2.75) is 6.42 Å². The number of anilines is 2. The van der Waals surface area contributed by atoms with E-state index in [-0.39, 0.29) is 0 Å². The van der Waals surface area contributed by atoms with Crippen molar-refractivity contribution in [2.75, 3.05) is 24.7 Å². The molecule has 2 rings (SSSR count). The Morgan fingerprint density at radius 1 is 1.56 bits per heavy atom. The Morgan fingerprint density at radius 3 is 3.12 bits per heavy atom. The van der Waals surface area contributed by atoms with Gasteiger partial charge in [-0.15, -0.1) is 11.3 Å². The topological polar surface area (TPSA) is 73.1 Å². The normalized spacial score (nSPS) is 10.3. The van der Waals surface area contributed by atoms with Gasteiger partial charge in [0.15, 0.2) is 16.6 Å². The molecule has 5 nitrogen and oxygen atoms in total. The summed E-state index contributed by atoms with van der Waals surface area (Å²) in [5, 5.41) is 6.15. The van der Waals surface area contributed by atoms with E-state index < -0.39 is 0 Å². The molecular formula is C9H12N4OS2. The van der Waals surface area contributed by atoms with Gasteiger partial charge in [0.2, 0.25) is 0 Å². The van der Waals surface area contributed by atoms with Gasteiger partial charge >= 0.3 is 0 Å². The molecule has 86 valence electrons. The van der Waals surface area contributed by atoms with Gasteiger partial charge in [0.1, 0.15) is 0 Å². The van der Waals surface area contributed by atoms with Crippen molar-refractivity contribution in [3.63, 3.8) is 0 Å². The minimum absolute atomic E-state index is 0.434. The molecule has 0 aliphatic rings. The quantitative estimate of drug-likeness (QED) is 0.854. The predicted molar refractivity (Wildman–Crippen MR) is 67.4 cm³/mol. The van der Waals surface area contributed by atoms with Crippen LogP contribution in [0.3, 0.4) is 0 Å². The first-order chi connectivity index (χ1) is 7.81. The number of nitrogens with one attached hydrogen (secondary N) is 1. The molecule has 0 radical (unpaired) electrons. The van der Waals surface area contributed by atoms with Gasteiger partial charge < -0.3 is 15.8 Å². The summed E-state index contributed by atoms with van der Waals surface area (Å²) in [6.45, 7) is 0.793. The average molecular weight is 256 g/mol. The zero-order valence-corrected chi connectivity index (χ0v) is 10.4. The van der Waals surface area contributed by atoms with Gasteiger partial charge in [0.05, 0.1) is 18.3 Å². The number of nitrogens with zero attached hydrogens (tertiary/aromatic N) is 2. The third-order valence-corrected chi connectivity index (χ3v) is 3.46. The minimum atomic E-state index is 0.434. The van der Waals surface area contributed by atoms with E-state index in [0.29, 0.717) is 11.6 Å². The van der Waals surface area contributed by atoms with Crippen LogP contribution in [0.5, 0.6) is 5.75 Å². The molecule has 0 saturated heterocycles. The first-order valence-electron chi connectivity index (χ1n) is 4.71. The van der Waals surface area contributed by atoms with Crippen LogP contribution in [0.4, 0.5) is 10.8 Å². The van der Waals surface area contributed by atoms with Gasteiger partial charge in [-0.05, 0) is 11.5 Å². The Hall–Kier alpha value is -1.34. The Labute approximate surface area is 101 Å². The van der Waals surface area contributed by atoms with Crippen molar-refractivity contribution in [1.29, 1.82) is 0 Å². The molecule has 0 aliphatic heterocycles. The van der Waals surface area contributed by atoms with E-state index in [2.05, 4.69) is 14.7 Å². The minimum Gasteiger partial charge on any atom is -0.490 e. The van der Waals surface area contributed by atoms with E-state index in [9.17, 15) is 0 Å². The van der Waals surface area contributed by atoms with Crippen molar-refractivity contribution < 1.29 is 4.74 Å². The molecule has 2 aromatic heterocycles. The van der Waals surface area contributed by atoms with Crippen LogP contribution in [-0.4, -0.2) is 23.0 Å². The van der Waals surface area contributed by atoms with Gasteiger partial charge in [-0.3, -0.25) is 0 Å². The van der Waals surface area contributed by atoms with Crippen molar-refractivity contribution in [3.8, 4) is 5.75 Å². The largest absolute Gasteiger partial charge is 0.490 e. The summed E-state index contributed by atoms with van der Waals surface area (Å²) in [5.74, 6) is 1.06. The fraction of sp³-hybridized carbons (Fsp3) is 0.333. The molecule has 2 aromatic rings. The number of hydrogen-bond donors (Lipinski definition) is 2. The summed E-state index contributed by atoms with van der Waals surface area (Å²) in [6.07, 6.45) is 0.879. The molecule has 3 N–H and O–H groups in total. The number of rotatable bonds is 5. The highest BCUT2D eigenvalue weighted by Crippen LogP contribution is 2.34. The van der Waals surface area contributed by atoms with Gasteiger partial charge in [0.25, 0.3) is 0 Å². The number of nitrogen functional groups attached to an aromatic ring is 1. The highest BCUT2D eigenvalue weighted by atomic mass is 32.1. The lowest BCUT2D eigenvalue weighted by Gasteiger charge is -2.04. The molecule has 0 aliphatic carbocycles. The third kappa shape index (κ3) is 2.42. The second-order valence-electron chi connectivity index (χ2n) is 3.09. The van der Waals surface area contributed by atoms with Gasteiger partial charge in [-0.1, -0.05) is 0 Å². The van der Waals surface area contributed by atoms with Gasteiger partial charge in [-0.2, -0.15) is 4.37 Å². The van der Waals surface area contributed by atoms with Crippen LogP contribution >= 0.6 is 22.9 Å². The SMILES string of the molecule is COc1c(N)nsc1NCCc1cscn1. The highest BCUT2D eigenvalue weighted by molar-refractivity contribution is 7.11. The summed E-state index contributed by atoms with van der Waals surface area (Å²) < 4.78 is 9.17. The number of hydrogen-bond acceptors (Lipinski definition) is 7. The summed E-state index contributed by atoms with van der Waals surface area (Å²) in [7, 11) is 1.59. The summed E-state index contributed by atoms with van der Waals surface area (Å²) in [4.78, 5) is 4.21. The molecule has 0 unspecified atom stereocenters. The van der Waals surface area contributed by atoms with E-state index in [1.165, 1.54) is 11.5 Å². The van der Waals surface area contributed by atoms with Crippen molar-refractivity contribution in [1.82, 2.24) is 9.36 Å². The fourth-order valence-electron chi connectivity index (χ4n) is 1.27. The molecule has 0 saturated carbocycles. The zero-order valence-electron chi connectivity index (χ0n) is 8.77. The molecule has 16 heavy (non-hydrogen) atoms. The second-order valence-corrected chi connectivity index (χ2v) is 4.58. The molecule has 0 aromatic carbocycles. The van der Waals surface area contributed by atoms with Crippen LogP contribution in [0.1, 0.15) is 5.69 Å². The fourth-order valence-corrected chi connectivity index (χ4v) is 2.57. The maximum atomic E-state index is 5.64. The molecule has 0 fully saturated rings. The first-order valence-corrected chi connectivity index (χ1v) is 6.43. The van der Waals surface area contributed by atoms with Gasteiger partial charge in [0, 0.05) is 18.3 Å². The van der Waals surface area contributed by atoms with Gasteiger partial charge in [-0.25, -0.2) is 4.98 Å². The molecule has 0 amide bonds.